The fourth-order valence-corrected chi connectivity index (χ4v) is 3.87. The molecule has 1 saturated heterocycles. The molecule has 0 saturated carbocycles. The zero-order chi connectivity index (χ0) is 15.1. The third kappa shape index (κ3) is 4.74. The summed E-state index contributed by atoms with van der Waals surface area (Å²) in [7, 11) is 0. The SMILES string of the molecule is CCCNCc1sc(C2CN(CCC)CCO2)nc1CC. The Labute approximate surface area is 132 Å². The van der Waals surface area contributed by atoms with Crippen LogP contribution in [0.1, 0.15) is 55.3 Å². The largest absolute Gasteiger partial charge is 0.368 e. The Morgan fingerprint density at radius 2 is 2.19 bits per heavy atom. The Morgan fingerprint density at radius 3 is 2.90 bits per heavy atom. The monoisotopic (exact) mass is 311 g/mol. The van der Waals surface area contributed by atoms with Crippen molar-refractivity contribution in [3.63, 3.8) is 0 Å². The molecule has 120 valence electrons. The van der Waals surface area contributed by atoms with Gasteiger partial charge in [-0.05, 0) is 32.4 Å². The molecule has 2 heterocycles. The van der Waals surface area contributed by atoms with E-state index in [1.54, 1.807) is 0 Å². The maximum Gasteiger partial charge on any atom is 0.123 e. The van der Waals surface area contributed by atoms with Crippen molar-refractivity contribution in [1.82, 2.24) is 15.2 Å². The van der Waals surface area contributed by atoms with Gasteiger partial charge in [0.25, 0.3) is 0 Å². The van der Waals surface area contributed by atoms with Gasteiger partial charge in [0.1, 0.15) is 11.1 Å². The van der Waals surface area contributed by atoms with Crippen molar-refractivity contribution in [1.29, 1.82) is 0 Å². The molecular weight excluding hydrogens is 282 g/mol. The Kier molecular flexibility index (Phi) is 7.10. The van der Waals surface area contributed by atoms with E-state index in [2.05, 4.69) is 31.0 Å². The number of nitrogens with one attached hydrogen (secondary N) is 1. The van der Waals surface area contributed by atoms with E-state index in [-0.39, 0.29) is 6.10 Å². The molecule has 0 aliphatic carbocycles. The Hall–Kier alpha value is -0.490. The number of thiazole rings is 1. The highest BCUT2D eigenvalue weighted by atomic mass is 32.1. The average molecular weight is 311 g/mol. The van der Waals surface area contributed by atoms with Crippen molar-refractivity contribution in [2.75, 3.05) is 32.8 Å². The van der Waals surface area contributed by atoms with E-state index in [1.807, 2.05) is 11.3 Å². The third-order valence-corrected chi connectivity index (χ3v) is 5.00. The fraction of sp³-hybridized carbons (Fsp3) is 0.812. The molecule has 0 amide bonds. The Morgan fingerprint density at radius 1 is 1.33 bits per heavy atom. The lowest BCUT2D eigenvalue weighted by molar-refractivity contribution is -0.0299. The van der Waals surface area contributed by atoms with Crippen LogP contribution in [0.15, 0.2) is 0 Å². The zero-order valence-corrected chi connectivity index (χ0v) is 14.5. The molecule has 0 bridgehead atoms. The van der Waals surface area contributed by atoms with Gasteiger partial charge >= 0.3 is 0 Å². The Balaban J connectivity index is 2.01. The van der Waals surface area contributed by atoms with E-state index >= 15 is 0 Å². The summed E-state index contributed by atoms with van der Waals surface area (Å²) in [4.78, 5) is 8.74. The minimum atomic E-state index is 0.167. The molecule has 1 aromatic rings. The van der Waals surface area contributed by atoms with Gasteiger partial charge in [0, 0.05) is 24.5 Å². The lowest BCUT2D eigenvalue weighted by Crippen LogP contribution is -2.38. The van der Waals surface area contributed by atoms with Crippen molar-refractivity contribution < 1.29 is 4.74 Å². The van der Waals surface area contributed by atoms with E-state index in [0.29, 0.717) is 0 Å². The van der Waals surface area contributed by atoms with Crippen LogP contribution < -0.4 is 5.32 Å². The summed E-state index contributed by atoms with van der Waals surface area (Å²) in [6.45, 7) is 12.7. The molecule has 0 aromatic carbocycles. The second kappa shape index (κ2) is 8.83. The van der Waals surface area contributed by atoms with Crippen LogP contribution in [0.25, 0.3) is 0 Å². The summed E-state index contributed by atoms with van der Waals surface area (Å²) in [5.41, 5.74) is 1.25. The summed E-state index contributed by atoms with van der Waals surface area (Å²) in [6, 6.07) is 0. The molecule has 4 nitrogen and oxygen atoms in total. The van der Waals surface area contributed by atoms with E-state index in [4.69, 9.17) is 9.72 Å². The number of hydrogen-bond donors (Lipinski definition) is 1. The zero-order valence-electron chi connectivity index (χ0n) is 13.7. The molecule has 21 heavy (non-hydrogen) atoms. The van der Waals surface area contributed by atoms with E-state index in [0.717, 1.165) is 45.8 Å². The highest BCUT2D eigenvalue weighted by Crippen LogP contribution is 2.29. The van der Waals surface area contributed by atoms with Crippen molar-refractivity contribution in [3.05, 3.63) is 15.6 Å². The van der Waals surface area contributed by atoms with Gasteiger partial charge in [-0.15, -0.1) is 11.3 Å². The third-order valence-electron chi connectivity index (χ3n) is 3.81. The van der Waals surface area contributed by atoms with Crippen LogP contribution in [0.4, 0.5) is 0 Å². The number of morpholine rings is 1. The van der Waals surface area contributed by atoms with Crippen LogP contribution in [-0.2, 0) is 17.7 Å². The van der Waals surface area contributed by atoms with Gasteiger partial charge in [0.2, 0.25) is 0 Å². The molecular formula is C16H29N3OS. The first-order chi connectivity index (χ1) is 10.3. The summed E-state index contributed by atoms with van der Waals surface area (Å²) in [6.07, 6.45) is 3.55. The van der Waals surface area contributed by atoms with E-state index in [9.17, 15) is 0 Å². The standard InChI is InChI=1S/C16H29N3OS/c1-4-7-17-11-15-13(6-3)18-16(21-15)14-12-19(8-5-2)9-10-20-14/h14,17H,4-12H2,1-3H3. The summed E-state index contributed by atoms with van der Waals surface area (Å²) in [5, 5.41) is 4.66. The fourth-order valence-electron chi connectivity index (χ4n) is 2.71. The van der Waals surface area contributed by atoms with Crippen molar-refractivity contribution in [2.24, 2.45) is 0 Å². The highest BCUT2D eigenvalue weighted by molar-refractivity contribution is 7.11. The van der Waals surface area contributed by atoms with Crippen LogP contribution in [0.5, 0.6) is 0 Å². The first kappa shape index (κ1) is 16.9. The van der Waals surface area contributed by atoms with Crippen molar-refractivity contribution in [2.45, 2.75) is 52.7 Å². The maximum atomic E-state index is 5.96. The van der Waals surface area contributed by atoms with Crippen LogP contribution in [0, 0.1) is 0 Å². The number of aryl methyl sites for hydroxylation is 1. The molecule has 1 aliphatic rings. The molecule has 1 aliphatic heterocycles. The second-order valence-corrected chi connectivity index (χ2v) is 6.73. The lowest BCUT2D eigenvalue weighted by atomic mass is 10.2. The quantitative estimate of drug-likeness (QED) is 0.749. The first-order valence-electron chi connectivity index (χ1n) is 8.31. The van der Waals surface area contributed by atoms with Crippen LogP contribution in [0.3, 0.4) is 0 Å². The first-order valence-corrected chi connectivity index (χ1v) is 9.13. The molecule has 1 aromatic heterocycles. The van der Waals surface area contributed by atoms with Gasteiger partial charge in [-0.3, -0.25) is 4.90 Å². The molecule has 1 unspecified atom stereocenters. The average Bonchev–Trinajstić information content (AvgIpc) is 2.91. The Bertz CT molecular complexity index is 420. The minimum absolute atomic E-state index is 0.167. The summed E-state index contributed by atoms with van der Waals surface area (Å²) in [5.74, 6) is 0. The number of nitrogens with zero attached hydrogens (tertiary/aromatic N) is 2. The molecule has 1 fully saturated rings. The predicted octanol–water partition coefficient (Wildman–Crippen LogP) is 2.99. The van der Waals surface area contributed by atoms with Gasteiger partial charge in [-0.1, -0.05) is 20.8 Å². The van der Waals surface area contributed by atoms with Crippen molar-refractivity contribution in [3.8, 4) is 0 Å². The number of hydrogen-bond acceptors (Lipinski definition) is 5. The number of rotatable bonds is 8. The molecule has 0 radical (unpaired) electrons. The van der Waals surface area contributed by atoms with Crippen LogP contribution in [-0.4, -0.2) is 42.7 Å². The van der Waals surface area contributed by atoms with E-state index < -0.39 is 0 Å². The van der Waals surface area contributed by atoms with Gasteiger partial charge < -0.3 is 10.1 Å². The second-order valence-electron chi connectivity index (χ2n) is 5.61. The minimum Gasteiger partial charge on any atom is -0.368 e. The molecule has 1 atom stereocenters. The maximum absolute atomic E-state index is 5.96. The molecule has 1 N–H and O–H groups in total. The smallest absolute Gasteiger partial charge is 0.123 e. The normalized spacial score (nSPS) is 20.0. The highest BCUT2D eigenvalue weighted by Gasteiger charge is 2.25. The molecule has 0 spiro atoms. The van der Waals surface area contributed by atoms with Gasteiger partial charge in [0.15, 0.2) is 0 Å². The van der Waals surface area contributed by atoms with Crippen molar-refractivity contribution >= 4 is 11.3 Å². The van der Waals surface area contributed by atoms with E-state index in [1.165, 1.54) is 28.4 Å². The van der Waals surface area contributed by atoms with Crippen LogP contribution >= 0.6 is 11.3 Å². The lowest BCUT2D eigenvalue weighted by Gasteiger charge is -2.31. The summed E-state index contributed by atoms with van der Waals surface area (Å²) < 4.78 is 5.96. The van der Waals surface area contributed by atoms with Gasteiger partial charge in [-0.2, -0.15) is 0 Å². The summed E-state index contributed by atoms with van der Waals surface area (Å²) >= 11 is 1.84. The molecule has 2 rings (SSSR count). The van der Waals surface area contributed by atoms with Gasteiger partial charge in [-0.25, -0.2) is 4.98 Å². The van der Waals surface area contributed by atoms with Crippen LogP contribution in [0.2, 0.25) is 0 Å². The molecule has 5 heteroatoms. The number of aromatic nitrogens is 1. The van der Waals surface area contributed by atoms with Gasteiger partial charge in [0.05, 0.1) is 12.3 Å². The topological polar surface area (TPSA) is 37.4 Å². The number of ether oxygens (including phenoxy) is 1. The predicted molar refractivity (Wildman–Crippen MR) is 88.9 cm³/mol.